The van der Waals surface area contributed by atoms with Crippen LogP contribution in [0.3, 0.4) is 0 Å². The van der Waals surface area contributed by atoms with Crippen LogP contribution in [0.2, 0.25) is 0 Å². The van der Waals surface area contributed by atoms with Gasteiger partial charge in [0.25, 0.3) is 5.91 Å². The molecule has 0 aromatic heterocycles. The van der Waals surface area contributed by atoms with Crippen LogP contribution in [0.25, 0.3) is 0 Å². The zero-order valence-corrected chi connectivity index (χ0v) is 22.0. The number of hydrogen-bond acceptors (Lipinski definition) is 6. The summed E-state index contributed by atoms with van der Waals surface area (Å²) in [5.41, 5.74) is 7.21. The zero-order valence-electron chi connectivity index (χ0n) is 20.4. The Kier molecular flexibility index (Phi) is 9.11. The van der Waals surface area contributed by atoms with E-state index in [0.717, 1.165) is 21.2 Å². The number of nitrogens with zero attached hydrogens (tertiary/aromatic N) is 1. The predicted molar refractivity (Wildman–Crippen MR) is 147 cm³/mol. The molecule has 0 spiro atoms. The molecule has 8 heteroatoms. The SMILES string of the molecule is C=CC[C@]1(C(=O)NNCc2ccccc2)N=C(c2ccc(OCCCO)cc2)O[C@H]1c1ccc(Br)cc1. The van der Waals surface area contributed by atoms with Crippen molar-refractivity contribution in [2.24, 2.45) is 4.99 Å². The van der Waals surface area contributed by atoms with Crippen LogP contribution in [-0.4, -0.2) is 35.7 Å². The van der Waals surface area contributed by atoms with E-state index in [2.05, 4.69) is 33.4 Å². The highest BCUT2D eigenvalue weighted by Crippen LogP contribution is 2.43. The molecule has 3 N–H and O–H groups in total. The van der Waals surface area contributed by atoms with Crippen LogP contribution in [0.5, 0.6) is 5.75 Å². The van der Waals surface area contributed by atoms with Crippen LogP contribution >= 0.6 is 15.9 Å². The van der Waals surface area contributed by atoms with Gasteiger partial charge >= 0.3 is 0 Å². The van der Waals surface area contributed by atoms with Gasteiger partial charge in [-0.05, 0) is 47.5 Å². The summed E-state index contributed by atoms with van der Waals surface area (Å²) in [7, 11) is 0. The summed E-state index contributed by atoms with van der Waals surface area (Å²) in [6.45, 7) is 4.87. The number of nitrogens with one attached hydrogen (secondary N) is 2. The van der Waals surface area contributed by atoms with Crippen molar-refractivity contribution in [2.45, 2.75) is 31.0 Å². The lowest BCUT2D eigenvalue weighted by Crippen LogP contribution is -2.52. The molecule has 0 aliphatic carbocycles. The number of halogens is 1. The van der Waals surface area contributed by atoms with Crippen molar-refractivity contribution in [1.82, 2.24) is 10.9 Å². The van der Waals surface area contributed by atoms with Crippen molar-refractivity contribution in [3.05, 3.63) is 113 Å². The molecule has 0 radical (unpaired) electrons. The van der Waals surface area contributed by atoms with Crippen molar-refractivity contribution in [3.63, 3.8) is 0 Å². The average molecular weight is 564 g/mol. The normalized spacial score (nSPS) is 18.5. The molecule has 192 valence electrons. The van der Waals surface area contributed by atoms with E-state index in [0.29, 0.717) is 31.2 Å². The van der Waals surface area contributed by atoms with Crippen LogP contribution < -0.4 is 15.6 Å². The molecule has 37 heavy (non-hydrogen) atoms. The number of ether oxygens (including phenoxy) is 2. The van der Waals surface area contributed by atoms with Crippen molar-refractivity contribution in [3.8, 4) is 5.75 Å². The number of benzene rings is 3. The fraction of sp³-hybridized carbons (Fsp3) is 0.241. The van der Waals surface area contributed by atoms with Gasteiger partial charge < -0.3 is 14.6 Å². The van der Waals surface area contributed by atoms with Crippen molar-refractivity contribution in [2.75, 3.05) is 13.2 Å². The molecular weight excluding hydrogens is 534 g/mol. The molecule has 1 aliphatic rings. The molecule has 2 atom stereocenters. The number of carbonyl (C=O) groups excluding carboxylic acids is 1. The third-order valence-electron chi connectivity index (χ3n) is 6.00. The number of carbonyl (C=O) groups is 1. The van der Waals surface area contributed by atoms with Crippen LogP contribution in [0.15, 0.2) is 101 Å². The Bertz CT molecular complexity index is 1220. The molecule has 0 saturated heterocycles. The second-order valence-electron chi connectivity index (χ2n) is 8.63. The van der Waals surface area contributed by atoms with Gasteiger partial charge in [-0.25, -0.2) is 10.4 Å². The lowest BCUT2D eigenvalue weighted by molar-refractivity contribution is -0.129. The van der Waals surface area contributed by atoms with Crippen LogP contribution in [-0.2, 0) is 16.1 Å². The lowest BCUT2D eigenvalue weighted by atomic mass is 9.84. The van der Waals surface area contributed by atoms with E-state index in [1.54, 1.807) is 6.08 Å². The molecule has 7 nitrogen and oxygen atoms in total. The zero-order chi connectivity index (χ0) is 26.1. The van der Waals surface area contributed by atoms with Gasteiger partial charge in [0.2, 0.25) is 5.90 Å². The minimum Gasteiger partial charge on any atom is -0.494 e. The molecule has 1 amide bonds. The largest absolute Gasteiger partial charge is 0.494 e. The summed E-state index contributed by atoms with van der Waals surface area (Å²) in [5, 5.41) is 8.96. The molecule has 1 aliphatic heterocycles. The number of hydrazine groups is 1. The molecule has 0 saturated carbocycles. The molecule has 3 aromatic carbocycles. The summed E-state index contributed by atoms with van der Waals surface area (Å²) in [6, 6.07) is 24.8. The van der Waals surface area contributed by atoms with Crippen molar-refractivity contribution >= 4 is 27.7 Å². The van der Waals surface area contributed by atoms with Gasteiger partial charge in [0.05, 0.1) is 6.61 Å². The Morgan fingerprint density at radius 2 is 1.84 bits per heavy atom. The lowest BCUT2D eigenvalue weighted by Gasteiger charge is -2.29. The van der Waals surface area contributed by atoms with E-state index >= 15 is 0 Å². The van der Waals surface area contributed by atoms with Crippen molar-refractivity contribution < 1.29 is 19.4 Å². The summed E-state index contributed by atoms with van der Waals surface area (Å²) in [6.07, 6.45) is 1.87. The molecule has 1 heterocycles. The van der Waals surface area contributed by atoms with E-state index in [1.165, 1.54) is 0 Å². The first kappa shape index (κ1) is 26.6. The van der Waals surface area contributed by atoms with Crippen LogP contribution in [0.4, 0.5) is 0 Å². The standard InChI is InChI=1S/C29H30BrN3O4/c1-2-17-29(28(35)33-31-20-21-7-4-3-5-8-21)26(22-9-13-24(30)14-10-22)37-27(32-29)23-11-15-25(16-12-23)36-19-6-18-34/h2-5,7-16,26,31,34H,1,6,17-20H2,(H,33,35)/t26-,29-/m0/s1. The quantitative estimate of drug-likeness (QED) is 0.166. The first-order valence-corrected chi connectivity index (χ1v) is 12.9. The smallest absolute Gasteiger partial charge is 0.266 e. The summed E-state index contributed by atoms with van der Waals surface area (Å²) >= 11 is 3.48. The van der Waals surface area contributed by atoms with Gasteiger partial charge in [-0.3, -0.25) is 10.2 Å². The van der Waals surface area contributed by atoms with Gasteiger partial charge in [0.15, 0.2) is 11.6 Å². The average Bonchev–Trinajstić information content (AvgIpc) is 3.31. The van der Waals surface area contributed by atoms with E-state index in [-0.39, 0.29) is 18.9 Å². The maximum Gasteiger partial charge on any atom is 0.266 e. The second-order valence-corrected chi connectivity index (χ2v) is 9.54. The Morgan fingerprint density at radius 3 is 2.51 bits per heavy atom. The van der Waals surface area contributed by atoms with Crippen LogP contribution in [0, 0.1) is 0 Å². The second kappa shape index (κ2) is 12.7. The summed E-state index contributed by atoms with van der Waals surface area (Å²) in [4.78, 5) is 18.6. The minimum absolute atomic E-state index is 0.0772. The van der Waals surface area contributed by atoms with Gasteiger partial charge in [0, 0.05) is 36.0 Å². The van der Waals surface area contributed by atoms with Crippen LogP contribution in [0.1, 0.15) is 35.6 Å². The number of aliphatic imine (C=N–C) groups is 1. The predicted octanol–water partition coefficient (Wildman–Crippen LogP) is 4.86. The number of aliphatic hydroxyl groups excluding tert-OH is 1. The Morgan fingerprint density at radius 1 is 1.11 bits per heavy atom. The Labute approximate surface area is 225 Å². The third kappa shape index (κ3) is 6.46. The van der Waals surface area contributed by atoms with E-state index in [9.17, 15) is 4.79 Å². The number of rotatable bonds is 12. The van der Waals surface area contributed by atoms with E-state index in [1.807, 2.05) is 78.9 Å². The van der Waals surface area contributed by atoms with E-state index in [4.69, 9.17) is 19.6 Å². The molecule has 0 unspecified atom stereocenters. The fourth-order valence-electron chi connectivity index (χ4n) is 4.10. The van der Waals surface area contributed by atoms with E-state index < -0.39 is 11.6 Å². The molecular formula is C29H30BrN3O4. The molecule has 0 bridgehead atoms. The molecule has 4 rings (SSSR count). The highest BCUT2D eigenvalue weighted by molar-refractivity contribution is 9.10. The Balaban J connectivity index is 1.61. The maximum atomic E-state index is 13.7. The number of amides is 1. The van der Waals surface area contributed by atoms with Gasteiger partial charge in [-0.15, -0.1) is 6.58 Å². The highest BCUT2D eigenvalue weighted by Gasteiger charge is 2.52. The number of aliphatic hydroxyl groups is 1. The first-order chi connectivity index (χ1) is 18.1. The monoisotopic (exact) mass is 563 g/mol. The molecule has 3 aromatic rings. The van der Waals surface area contributed by atoms with Gasteiger partial charge in [-0.1, -0.05) is 64.5 Å². The topological polar surface area (TPSA) is 92.2 Å². The summed E-state index contributed by atoms with van der Waals surface area (Å²) in [5.74, 6) is 0.741. The highest BCUT2D eigenvalue weighted by atomic mass is 79.9. The molecule has 0 fully saturated rings. The maximum absolute atomic E-state index is 13.7. The number of hydrogen-bond donors (Lipinski definition) is 3. The Hall–Kier alpha value is -3.46. The van der Waals surface area contributed by atoms with Gasteiger partial charge in [0.1, 0.15) is 5.75 Å². The fourth-order valence-corrected chi connectivity index (χ4v) is 4.37. The van der Waals surface area contributed by atoms with Crippen molar-refractivity contribution in [1.29, 1.82) is 0 Å². The third-order valence-corrected chi connectivity index (χ3v) is 6.52. The van der Waals surface area contributed by atoms with Gasteiger partial charge in [-0.2, -0.15) is 0 Å². The summed E-state index contributed by atoms with van der Waals surface area (Å²) < 4.78 is 13.0. The first-order valence-electron chi connectivity index (χ1n) is 12.1. The minimum atomic E-state index is -1.26.